The summed E-state index contributed by atoms with van der Waals surface area (Å²) in [5, 5.41) is 14.1. The summed E-state index contributed by atoms with van der Waals surface area (Å²) in [6, 6.07) is 3.41. The fraction of sp³-hybridized carbons (Fsp3) is 0.500. The molecule has 0 amide bonds. The number of fused-ring (bicyclic) bond motifs is 1. The molecule has 1 aliphatic heterocycles. The number of hydrogen-bond donors (Lipinski definition) is 0. The van der Waals surface area contributed by atoms with Gasteiger partial charge in [-0.05, 0) is 43.5 Å². The first-order valence-electron chi connectivity index (χ1n) is 12.7. The van der Waals surface area contributed by atoms with E-state index in [9.17, 15) is 0 Å². The third kappa shape index (κ3) is 5.12. The molecule has 198 valence electrons. The molecule has 1 unspecified atom stereocenters. The molecule has 4 aromatic rings. The van der Waals surface area contributed by atoms with Gasteiger partial charge >= 0.3 is 0 Å². The number of hydrogen-bond acceptors (Lipinski definition) is 5. The van der Waals surface area contributed by atoms with Gasteiger partial charge in [-0.25, -0.2) is 13.8 Å². The maximum atomic E-state index is 15.4. The van der Waals surface area contributed by atoms with E-state index < -0.39 is 14.1 Å². The molecule has 1 saturated heterocycles. The van der Waals surface area contributed by atoms with Crippen molar-refractivity contribution in [3.63, 3.8) is 0 Å². The lowest BCUT2D eigenvalue weighted by atomic mass is 10.1. The molecule has 5 rings (SSSR count). The van der Waals surface area contributed by atoms with E-state index in [2.05, 4.69) is 49.3 Å². The summed E-state index contributed by atoms with van der Waals surface area (Å²) in [4.78, 5) is 0. The second-order valence-electron chi connectivity index (χ2n) is 11.1. The normalized spacial score (nSPS) is 17.1. The fourth-order valence-corrected chi connectivity index (χ4v) is 5.54. The number of rotatable bonds is 7. The lowest BCUT2D eigenvalue weighted by Crippen LogP contribution is -2.41. The van der Waals surface area contributed by atoms with Gasteiger partial charge in [0.2, 0.25) is 0 Å². The van der Waals surface area contributed by atoms with E-state index in [0.717, 1.165) is 42.4 Å². The SMILES string of the molecule is CC(C)(C)[Si](C)(C)OCCn1cc(-n2cc(-c3cnn(C4CCCCO4)c3)c3ccc(Cl)c(F)c32)nn1. The minimum Gasteiger partial charge on any atom is -0.415 e. The highest BCUT2D eigenvalue weighted by Gasteiger charge is 2.37. The van der Waals surface area contributed by atoms with Gasteiger partial charge in [0.25, 0.3) is 0 Å². The largest absolute Gasteiger partial charge is 0.415 e. The van der Waals surface area contributed by atoms with Crippen molar-refractivity contribution in [3.05, 3.63) is 47.8 Å². The van der Waals surface area contributed by atoms with E-state index >= 15 is 4.39 Å². The Bertz CT molecular complexity index is 1400. The molecule has 11 heteroatoms. The quantitative estimate of drug-likeness (QED) is 0.245. The molecule has 3 aromatic heterocycles. The van der Waals surface area contributed by atoms with Crippen molar-refractivity contribution in [2.24, 2.45) is 0 Å². The molecular formula is C26H34ClFN6O2Si. The van der Waals surface area contributed by atoms with Crippen molar-refractivity contribution >= 4 is 30.8 Å². The molecule has 37 heavy (non-hydrogen) atoms. The van der Waals surface area contributed by atoms with Crippen molar-refractivity contribution < 1.29 is 13.6 Å². The van der Waals surface area contributed by atoms with Gasteiger partial charge in [0.15, 0.2) is 20.0 Å². The Morgan fingerprint density at radius 3 is 2.73 bits per heavy atom. The van der Waals surface area contributed by atoms with Crippen LogP contribution in [0.3, 0.4) is 0 Å². The molecule has 1 aromatic carbocycles. The van der Waals surface area contributed by atoms with Gasteiger partial charge < -0.3 is 9.16 Å². The van der Waals surface area contributed by atoms with E-state index in [1.807, 2.05) is 23.1 Å². The summed E-state index contributed by atoms with van der Waals surface area (Å²) < 4.78 is 32.8. The Labute approximate surface area is 222 Å². The van der Waals surface area contributed by atoms with Crippen LogP contribution < -0.4 is 0 Å². The van der Waals surface area contributed by atoms with Gasteiger partial charge in [-0.1, -0.05) is 43.7 Å². The smallest absolute Gasteiger partial charge is 0.192 e. The maximum Gasteiger partial charge on any atom is 0.192 e. The standard InChI is InChI=1S/C26H34ClFN6O2Si/c1-26(2,3)37(4,5)36-13-11-32-17-22(30-31-32)33-16-20(19-9-10-21(27)24(28)25(19)33)18-14-29-34(15-18)23-8-6-7-12-35-23/h9-10,14-17,23H,6-8,11-13H2,1-5H3. The Morgan fingerprint density at radius 2 is 2.00 bits per heavy atom. The third-order valence-corrected chi connectivity index (χ3v) is 12.4. The molecule has 4 heterocycles. The van der Waals surface area contributed by atoms with E-state index in [4.69, 9.17) is 20.8 Å². The average Bonchev–Trinajstić information content (AvgIpc) is 3.59. The number of benzene rings is 1. The van der Waals surface area contributed by atoms with Crippen LogP contribution in [0.1, 0.15) is 46.3 Å². The Kier molecular flexibility index (Phi) is 7.03. The zero-order chi connectivity index (χ0) is 26.4. The second-order valence-corrected chi connectivity index (χ2v) is 16.4. The van der Waals surface area contributed by atoms with Crippen LogP contribution in [0.2, 0.25) is 23.2 Å². The van der Waals surface area contributed by atoms with Gasteiger partial charge in [-0.3, -0.25) is 4.57 Å². The van der Waals surface area contributed by atoms with Gasteiger partial charge in [0.1, 0.15) is 6.23 Å². The van der Waals surface area contributed by atoms with Gasteiger partial charge in [0, 0.05) is 35.5 Å². The molecule has 1 atom stereocenters. The first kappa shape index (κ1) is 26.1. The number of ether oxygens (including phenoxy) is 1. The summed E-state index contributed by atoms with van der Waals surface area (Å²) in [6.07, 6.45) is 10.5. The highest BCUT2D eigenvalue weighted by atomic mass is 35.5. The Balaban J connectivity index is 1.45. The van der Waals surface area contributed by atoms with Crippen LogP contribution in [0.25, 0.3) is 27.8 Å². The molecule has 0 bridgehead atoms. The third-order valence-electron chi connectivity index (χ3n) is 7.58. The zero-order valence-corrected chi connectivity index (χ0v) is 23.8. The minimum atomic E-state index is -1.86. The summed E-state index contributed by atoms with van der Waals surface area (Å²) in [7, 11) is -1.86. The predicted molar refractivity (Wildman–Crippen MR) is 145 cm³/mol. The first-order valence-corrected chi connectivity index (χ1v) is 16.0. The van der Waals surface area contributed by atoms with Crippen molar-refractivity contribution in [1.82, 2.24) is 29.3 Å². The summed E-state index contributed by atoms with van der Waals surface area (Å²) >= 11 is 6.19. The van der Waals surface area contributed by atoms with Crippen LogP contribution >= 0.6 is 11.6 Å². The Hall–Kier alpha value is -2.53. The molecule has 0 N–H and O–H groups in total. The van der Waals surface area contributed by atoms with Crippen LogP contribution in [0.15, 0.2) is 36.9 Å². The summed E-state index contributed by atoms with van der Waals surface area (Å²) in [5.41, 5.74) is 2.06. The van der Waals surface area contributed by atoms with E-state index in [1.165, 1.54) is 0 Å². The fourth-order valence-electron chi connectivity index (χ4n) is 4.35. The number of halogens is 2. The topological polar surface area (TPSA) is 71.9 Å². The van der Waals surface area contributed by atoms with Crippen LogP contribution in [0.5, 0.6) is 0 Å². The minimum absolute atomic E-state index is 0.0554. The summed E-state index contributed by atoms with van der Waals surface area (Å²) in [5.74, 6) is 0.0111. The molecule has 0 aliphatic carbocycles. The van der Waals surface area contributed by atoms with Crippen molar-refractivity contribution in [2.45, 2.75) is 70.9 Å². The van der Waals surface area contributed by atoms with Gasteiger partial charge in [-0.2, -0.15) is 5.10 Å². The first-order chi connectivity index (χ1) is 17.5. The van der Waals surface area contributed by atoms with Crippen LogP contribution in [0, 0.1) is 5.82 Å². The monoisotopic (exact) mass is 544 g/mol. The molecule has 1 fully saturated rings. The number of aromatic nitrogens is 6. The lowest BCUT2D eigenvalue weighted by Gasteiger charge is -2.36. The average molecular weight is 545 g/mol. The molecule has 8 nitrogen and oxygen atoms in total. The van der Waals surface area contributed by atoms with Crippen molar-refractivity contribution in [3.8, 4) is 16.9 Å². The molecule has 1 aliphatic rings. The maximum absolute atomic E-state index is 15.4. The highest BCUT2D eigenvalue weighted by Crippen LogP contribution is 2.37. The van der Waals surface area contributed by atoms with Crippen molar-refractivity contribution in [2.75, 3.05) is 13.2 Å². The van der Waals surface area contributed by atoms with Crippen LogP contribution in [-0.4, -0.2) is 50.9 Å². The highest BCUT2D eigenvalue weighted by molar-refractivity contribution is 6.74. The molecule has 0 saturated carbocycles. The predicted octanol–water partition coefficient (Wildman–Crippen LogP) is 6.60. The molecule has 0 spiro atoms. The molecule has 0 radical (unpaired) electrons. The second kappa shape index (κ2) is 9.98. The lowest BCUT2D eigenvalue weighted by molar-refractivity contribution is -0.0394. The van der Waals surface area contributed by atoms with Crippen LogP contribution in [-0.2, 0) is 15.7 Å². The van der Waals surface area contributed by atoms with Crippen molar-refractivity contribution in [1.29, 1.82) is 0 Å². The zero-order valence-electron chi connectivity index (χ0n) is 22.0. The van der Waals surface area contributed by atoms with Gasteiger partial charge in [-0.15, -0.1) is 5.10 Å². The summed E-state index contributed by atoms with van der Waals surface area (Å²) in [6.45, 7) is 12.9. The Morgan fingerprint density at radius 1 is 1.19 bits per heavy atom. The van der Waals surface area contributed by atoms with E-state index in [0.29, 0.717) is 24.5 Å². The van der Waals surface area contributed by atoms with Gasteiger partial charge in [0.05, 0.1) is 36.1 Å². The number of nitrogens with zero attached hydrogens (tertiary/aromatic N) is 6. The molecular weight excluding hydrogens is 511 g/mol. The van der Waals surface area contributed by atoms with Crippen LogP contribution in [0.4, 0.5) is 4.39 Å². The van der Waals surface area contributed by atoms with E-state index in [-0.39, 0.29) is 16.3 Å². The van der Waals surface area contributed by atoms with E-state index in [1.54, 1.807) is 27.7 Å².